The van der Waals surface area contributed by atoms with Gasteiger partial charge in [0.1, 0.15) is 0 Å². The fourth-order valence-electron chi connectivity index (χ4n) is 2.32. The molecule has 0 atom stereocenters. The molecule has 1 fully saturated rings. The average Bonchev–Trinajstić information content (AvgIpc) is 2.23. The van der Waals surface area contributed by atoms with E-state index in [1.54, 1.807) is 5.19 Å². The molecule has 0 heterocycles. The summed E-state index contributed by atoms with van der Waals surface area (Å²) in [7, 11) is -1.13. The molecule has 1 aliphatic rings. The Bertz CT molecular complexity index is 371. The molecule has 17 heavy (non-hydrogen) atoms. The molecule has 0 spiro atoms. The van der Waals surface area contributed by atoms with Crippen LogP contribution in [0.1, 0.15) is 31.7 Å². The van der Waals surface area contributed by atoms with Gasteiger partial charge in [0.05, 0.1) is 8.07 Å². The molecular formula is C15H25NSi. The third kappa shape index (κ3) is 3.20. The van der Waals surface area contributed by atoms with Crippen LogP contribution in [0, 0.1) is 0 Å². The van der Waals surface area contributed by atoms with Gasteiger partial charge in [-0.1, -0.05) is 49.1 Å². The van der Waals surface area contributed by atoms with Crippen LogP contribution in [-0.4, -0.2) is 13.6 Å². The summed E-state index contributed by atoms with van der Waals surface area (Å²) in [6, 6.07) is 9.24. The second-order valence-electron chi connectivity index (χ2n) is 6.71. The van der Waals surface area contributed by atoms with Crippen molar-refractivity contribution in [2.45, 2.75) is 57.9 Å². The molecule has 94 valence electrons. The molecule has 0 aromatic heterocycles. The fraction of sp³-hybridized carbons (Fsp3) is 0.600. The van der Waals surface area contributed by atoms with E-state index in [0.717, 1.165) is 6.54 Å². The lowest BCUT2D eigenvalue weighted by Crippen LogP contribution is -2.47. The van der Waals surface area contributed by atoms with Crippen molar-refractivity contribution in [3.8, 4) is 0 Å². The standard InChI is InChI=1S/C15H25NSi/c1-15(10-5-11-15)16-12-13-6-8-14(9-7-13)17(2,3)4/h6-9,16H,5,10-12H2,1-4H3. The van der Waals surface area contributed by atoms with Gasteiger partial charge in [-0.05, 0) is 31.7 Å². The predicted molar refractivity (Wildman–Crippen MR) is 78.5 cm³/mol. The predicted octanol–water partition coefficient (Wildman–Crippen LogP) is 3.26. The molecule has 1 N–H and O–H groups in total. The highest BCUT2D eigenvalue weighted by Crippen LogP contribution is 2.31. The molecule has 1 nitrogen and oxygen atoms in total. The summed E-state index contributed by atoms with van der Waals surface area (Å²) < 4.78 is 0. The van der Waals surface area contributed by atoms with Crippen molar-refractivity contribution < 1.29 is 0 Å². The van der Waals surface area contributed by atoms with Crippen molar-refractivity contribution in [1.29, 1.82) is 0 Å². The minimum Gasteiger partial charge on any atom is -0.307 e. The maximum atomic E-state index is 3.68. The van der Waals surface area contributed by atoms with E-state index in [1.807, 2.05) is 0 Å². The zero-order chi connectivity index (χ0) is 12.5. The van der Waals surface area contributed by atoms with Crippen LogP contribution in [0.4, 0.5) is 0 Å². The van der Waals surface area contributed by atoms with Gasteiger partial charge in [-0.25, -0.2) is 0 Å². The Labute approximate surface area is 107 Å². The Morgan fingerprint density at radius 2 is 1.71 bits per heavy atom. The highest BCUT2D eigenvalue weighted by atomic mass is 28.3. The molecule has 2 rings (SSSR count). The topological polar surface area (TPSA) is 12.0 Å². The van der Waals surface area contributed by atoms with Crippen LogP contribution in [0.25, 0.3) is 0 Å². The van der Waals surface area contributed by atoms with E-state index < -0.39 is 8.07 Å². The summed E-state index contributed by atoms with van der Waals surface area (Å²) >= 11 is 0. The van der Waals surface area contributed by atoms with Crippen molar-refractivity contribution >= 4 is 13.3 Å². The lowest BCUT2D eigenvalue weighted by molar-refractivity contribution is 0.207. The molecule has 1 saturated carbocycles. The number of hydrogen-bond donors (Lipinski definition) is 1. The van der Waals surface area contributed by atoms with E-state index in [-0.39, 0.29) is 0 Å². The molecule has 1 aromatic carbocycles. The van der Waals surface area contributed by atoms with E-state index in [4.69, 9.17) is 0 Å². The lowest BCUT2D eigenvalue weighted by Gasteiger charge is -2.39. The molecule has 0 radical (unpaired) electrons. The third-order valence-electron chi connectivity index (χ3n) is 4.00. The van der Waals surface area contributed by atoms with Gasteiger partial charge in [0.25, 0.3) is 0 Å². The largest absolute Gasteiger partial charge is 0.307 e. The molecule has 2 heteroatoms. The van der Waals surface area contributed by atoms with Gasteiger partial charge < -0.3 is 5.32 Å². The maximum Gasteiger partial charge on any atom is 0.0775 e. The molecule has 0 amide bonds. The second kappa shape index (κ2) is 4.58. The van der Waals surface area contributed by atoms with Crippen molar-refractivity contribution in [2.75, 3.05) is 0 Å². The van der Waals surface area contributed by atoms with Gasteiger partial charge >= 0.3 is 0 Å². The number of benzene rings is 1. The minimum absolute atomic E-state index is 0.414. The Morgan fingerprint density at radius 1 is 1.12 bits per heavy atom. The summed E-state index contributed by atoms with van der Waals surface area (Å²) in [6.07, 6.45) is 4.05. The molecule has 0 unspecified atom stereocenters. The molecular weight excluding hydrogens is 222 g/mol. The van der Waals surface area contributed by atoms with Gasteiger partial charge in [0, 0.05) is 12.1 Å². The molecule has 1 aromatic rings. The SMILES string of the molecule is CC1(NCc2ccc([Si](C)(C)C)cc2)CCC1. The fourth-order valence-corrected chi connectivity index (χ4v) is 3.49. The van der Waals surface area contributed by atoms with E-state index >= 15 is 0 Å². The molecule has 0 saturated heterocycles. The van der Waals surface area contributed by atoms with Crippen molar-refractivity contribution in [2.24, 2.45) is 0 Å². The first-order valence-corrected chi connectivity index (χ1v) is 10.2. The lowest BCUT2D eigenvalue weighted by atomic mass is 9.78. The summed E-state index contributed by atoms with van der Waals surface area (Å²) in [6.45, 7) is 10.6. The highest BCUT2D eigenvalue weighted by molar-refractivity contribution is 6.88. The Morgan fingerprint density at radius 3 is 2.12 bits per heavy atom. The van der Waals surface area contributed by atoms with Gasteiger partial charge in [-0.2, -0.15) is 0 Å². The van der Waals surface area contributed by atoms with Gasteiger partial charge in [-0.3, -0.25) is 0 Å². The normalized spacial score (nSPS) is 18.8. The Kier molecular flexibility index (Phi) is 3.46. The van der Waals surface area contributed by atoms with Crippen LogP contribution >= 0.6 is 0 Å². The maximum absolute atomic E-state index is 3.68. The van der Waals surface area contributed by atoms with Crippen molar-refractivity contribution in [3.05, 3.63) is 29.8 Å². The van der Waals surface area contributed by atoms with Crippen LogP contribution in [-0.2, 0) is 6.54 Å². The molecule has 0 bridgehead atoms. The average molecular weight is 247 g/mol. The van der Waals surface area contributed by atoms with Gasteiger partial charge in [-0.15, -0.1) is 0 Å². The third-order valence-corrected chi connectivity index (χ3v) is 6.06. The summed E-state index contributed by atoms with van der Waals surface area (Å²) in [5, 5.41) is 5.23. The van der Waals surface area contributed by atoms with Crippen LogP contribution in [0.5, 0.6) is 0 Å². The summed E-state index contributed by atoms with van der Waals surface area (Å²) in [5.74, 6) is 0. The van der Waals surface area contributed by atoms with E-state index in [1.165, 1.54) is 24.8 Å². The first kappa shape index (κ1) is 12.8. The zero-order valence-corrected chi connectivity index (χ0v) is 12.6. The van der Waals surface area contributed by atoms with Gasteiger partial charge in [0.15, 0.2) is 0 Å². The van der Waals surface area contributed by atoms with Crippen LogP contribution < -0.4 is 10.5 Å². The van der Waals surface area contributed by atoms with Crippen LogP contribution in [0.2, 0.25) is 19.6 Å². The molecule has 0 aliphatic heterocycles. The van der Waals surface area contributed by atoms with E-state index in [2.05, 4.69) is 56.1 Å². The van der Waals surface area contributed by atoms with Crippen molar-refractivity contribution in [1.82, 2.24) is 5.32 Å². The zero-order valence-electron chi connectivity index (χ0n) is 11.6. The second-order valence-corrected chi connectivity index (χ2v) is 11.8. The van der Waals surface area contributed by atoms with Crippen molar-refractivity contribution in [3.63, 3.8) is 0 Å². The Hall–Kier alpha value is -0.603. The summed E-state index contributed by atoms with van der Waals surface area (Å²) in [5.41, 5.74) is 1.83. The quantitative estimate of drug-likeness (QED) is 0.805. The number of hydrogen-bond acceptors (Lipinski definition) is 1. The first-order valence-electron chi connectivity index (χ1n) is 6.74. The summed E-state index contributed by atoms with van der Waals surface area (Å²) in [4.78, 5) is 0. The van der Waals surface area contributed by atoms with Crippen LogP contribution in [0.15, 0.2) is 24.3 Å². The molecule has 1 aliphatic carbocycles. The van der Waals surface area contributed by atoms with Crippen LogP contribution in [0.3, 0.4) is 0 Å². The number of rotatable bonds is 4. The number of nitrogens with one attached hydrogen (secondary N) is 1. The van der Waals surface area contributed by atoms with Gasteiger partial charge in [0.2, 0.25) is 0 Å². The minimum atomic E-state index is -1.13. The van der Waals surface area contributed by atoms with E-state index in [9.17, 15) is 0 Å². The first-order chi connectivity index (χ1) is 7.89. The monoisotopic (exact) mass is 247 g/mol. The smallest absolute Gasteiger partial charge is 0.0775 e. The van der Waals surface area contributed by atoms with E-state index in [0.29, 0.717) is 5.54 Å². The Balaban J connectivity index is 1.94. The highest BCUT2D eigenvalue weighted by Gasteiger charge is 2.30.